The zero-order chi connectivity index (χ0) is 14.0. The normalized spacial score (nSPS) is 27.3. The predicted octanol–water partition coefficient (Wildman–Crippen LogP) is 0.433. The van der Waals surface area contributed by atoms with Crippen LogP contribution in [0.15, 0.2) is 0 Å². The maximum atomic E-state index is 11.8. The summed E-state index contributed by atoms with van der Waals surface area (Å²) in [5.41, 5.74) is 0. The van der Waals surface area contributed by atoms with Crippen LogP contribution in [0, 0.1) is 11.8 Å². The van der Waals surface area contributed by atoms with Gasteiger partial charge in [0.05, 0.1) is 0 Å². The molecule has 2 saturated heterocycles. The first-order valence-corrected chi connectivity index (χ1v) is 6.86. The summed E-state index contributed by atoms with van der Waals surface area (Å²) in [7, 11) is 0. The molecule has 0 aliphatic carbocycles. The number of amides is 4. The maximum Gasteiger partial charge on any atom is 0.317 e. The lowest BCUT2D eigenvalue weighted by Crippen LogP contribution is -2.43. The van der Waals surface area contributed by atoms with Gasteiger partial charge in [-0.05, 0) is 12.3 Å². The molecule has 2 fully saturated rings. The number of urea groups is 1. The first-order valence-electron chi connectivity index (χ1n) is 6.86. The monoisotopic (exact) mass is 267 g/mol. The second kappa shape index (κ2) is 5.59. The van der Waals surface area contributed by atoms with Crippen LogP contribution < -0.4 is 5.32 Å². The average Bonchev–Trinajstić information content (AvgIpc) is 2.88. The van der Waals surface area contributed by atoms with Crippen molar-refractivity contribution in [2.75, 3.05) is 26.2 Å². The highest BCUT2D eigenvalue weighted by molar-refractivity contribution is 6.03. The predicted molar refractivity (Wildman–Crippen MR) is 69.3 cm³/mol. The highest BCUT2D eigenvalue weighted by Crippen LogP contribution is 2.18. The Balaban J connectivity index is 1.73. The Kier molecular flexibility index (Phi) is 4.07. The Bertz CT molecular complexity index is 397. The lowest BCUT2D eigenvalue weighted by Gasteiger charge is -2.19. The van der Waals surface area contributed by atoms with Gasteiger partial charge in [0.25, 0.3) is 0 Å². The highest BCUT2D eigenvalue weighted by atomic mass is 16.2. The summed E-state index contributed by atoms with van der Waals surface area (Å²) in [4.78, 5) is 38.1. The molecule has 0 aromatic heterocycles. The van der Waals surface area contributed by atoms with E-state index in [1.807, 2.05) is 0 Å². The standard InChI is InChI=1S/C13H21N3O3/c1-9-3-5-15(8-9)13(19)14-4-6-16-11(17)7-10(2)12(16)18/h9-10H,3-8H2,1-2H3,(H,14,19). The summed E-state index contributed by atoms with van der Waals surface area (Å²) in [5, 5.41) is 2.77. The molecule has 2 atom stereocenters. The van der Waals surface area contributed by atoms with Crippen molar-refractivity contribution in [2.24, 2.45) is 11.8 Å². The van der Waals surface area contributed by atoms with E-state index in [2.05, 4.69) is 12.2 Å². The molecule has 0 spiro atoms. The molecular weight excluding hydrogens is 246 g/mol. The fourth-order valence-electron chi connectivity index (χ4n) is 2.59. The Labute approximate surface area is 113 Å². The molecule has 2 unspecified atom stereocenters. The molecular formula is C13H21N3O3. The van der Waals surface area contributed by atoms with Crippen LogP contribution in [-0.2, 0) is 9.59 Å². The smallest absolute Gasteiger partial charge is 0.317 e. The van der Waals surface area contributed by atoms with Crippen molar-refractivity contribution in [1.82, 2.24) is 15.1 Å². The number of carbonyl (C=O) groups excluding carboxylic acids is 3. The minimum Gasteiger partial charge on any atom is -0.336 e. The minimum absolute atomic E-state index is 0.100. The van der Waals surface area contributed by atoms with E-state index in [9.17, 15) is 14.4 Å². The maximum absolute atomic E-state index is 11.8. The molecule has 2 aliphatic rings. The molecule has 2 aliphatic heterocycles. The van der Waals surface area contributed by atoms with Crippen LogP contribution in [0.5, 0.6) is 0 Å². The van der Waals surface area contributed by atoms with Gasteiger partial charge in [-0.25, -0.2) is 4.79 Å². The van der Waals surface area contributed by atoms with Gasteiger partial charge in [0.2, 0.25) is 11.8 Å². The Hall–Kier alpha value is -1.59. The third-order valence-electron chi connectivity index (χ3n) is 3.79. The molecule has 1 N–H and O–H groups in total. The van der Waals surface area contributed by atoms with Crippen molar-refractivity contribution in [2.45, 2.75) is 26.7 Å². The molecule has 6 heteroatoms. The van der Waals surface area contributed by atoms with Crippen molar-refractivity contribution in [1.29, 1.82) is 0 Å². The molecule has 106 valence electrons. The minimum atomic E-state index is -0.220. The molecule has 0 saturated carbocycles. The summed E-state index contributed by atoms with van der Waals surface area (Å²) in [5.74, 6) is 0.0616. The van der Waals surface area contributed by atoms with E-state index in [1.165, 1.54) is 4.90 Å². The van der Waals surface area contributed by atoms with Crippen molar-refractivity contribution >= 4 is 17.8 Å². The van der Waals surface area contributed by atoms with Crippen molar-refractivity contribution in [3.8, 4) is 0 Å². The van der Waals surface area contributed by atoms with Crippen LogP contribution in [0.25, 0.3) is 0 Å². The van der Waals surface area contributed by atoms with Gasteiger partial charge in [0.1, 0.15) is 0 Å². The van der Waals surface area contributed by atoms with Gasteiger partial charge in [-0.1, -0.05) is 13.8 Å². The van der Waals surface area contributed by atoms with Crippen LogP contribution in [0.2, 0.25) is 0 Å². The van der Waals surface area contributed by atoms with E-state index >= 15 is 0 Å². The lowest BCUT2D eigenvalue weighted by molar-refractivity contribution is -0.139. The molecule has 4 amide bonds. The lowest BCUT2D eigenvalue weighted by atomic mass is 10.1. The van der Waals surface area contributed by atoms with Gasteiger partial charge in [0.15, 0.2) is 0 Å². The van der Waals surface area contributed by atoms with Crippen molar-refractivity contribution in [3.63, 3.8) is 0 Å². The number of rotatable bonds is 3. The van der Waals surface area contributed by atoms with Crippen molar-refractivity contribution < 1.29 is 14.4 Å². The number of hydrogen-bond donors (Lipinski definition) is 1. The van der Waals surface area contributed by atoms with E-state index in [-0.39, 0.29) is 36.7 Å². The molecule has 0 bridgehead atoms. The number of carbonyl (C=O) groups is 3. The molecule has 6 nitrogen and oxygen atoms in total. The van der Waals surface area contributed by atoms with Crippen LogP contribution in [-0.4, -0.2) is 53.8 Å². The van der Waals surface area contributed by atoms with Gasteiger partial charge in [-0.2, -0.15) is 0 Å². The molecule has 19 heavy (non-hydrogen) atoms. The van der Waals surface area contributed by atoms with Crippen LogP contribution in [0.1, 0.15) is 26.7 Å². The number of nitrogens with one attached hydrogen (secondary N) is 1. The quantitative estimate of drug-likeness (QED) is 0.754. The fraction of sp³-hybridized carbons (Fsp3) is 0.769. The topological polar surface area (TPSA) is 69.7 Å². The first kappa shape index (κ1) is 13.8. The summed E-state index contributed by atoms with van der Waals surface area (Å²) >= 11 is 0. The van der Waals surface area contributed by atoms with Crippen LogP contribution >= 0.6 is 0 Å². The Morgan fingerprint density at radius 1 is 1.37 bits per heavy atom. The number of hydrogen-bond acceptors (Lipinski definition) is 3. The second-order valence-electron chi connectivity index (χ2n) is 5.56. The zero-order valence-corrected chi connectivity index (χ0v) is 11.5. The molecule has 0 aromatic carbocycles. The third-order valence-corrected chi connectivity index (χ3v) is 3.79. The SMILES string of the molecule is CC1CCN(C(=O)NCCN2C(=O)CC(C)C2=O)C1. The summed E-state index contributed by atoms with van der Waals surface area (Å²) in [6.45, 7) is 6.04. The Morgan fingerprint density at radius 3 is 2.63 bits per heavy atom. The van der Waals surface area contributed by atoms with E-state index in [0.29, 0.717) is 12.5 Å². The number of likely N-dealkylation sites (tertiary alicyclic amines) is 2. The first-order chi connectivity index (χ1) is 8.99. The second-order valence-corrected chi connectivity index (χ2v) is 5.56. The molecule has 0 radical (unpaired) electrons. The van der Waals surface area contributed by atoms with Crippen LogP contribution in [0.3, 0.4) is 0 Å². The van der Waals surface area contributed by atoms with E-state index < -0.39 is 0 Å². The van der Waals surface area contributed by atoms with E-state index in [4.69, 9.17) is 0 Å². The zero-order valence-electron chi connectivity index (χ0n) is 11.5. The van der Waals surface area contributed by atoms with Gasteiger partial charge < -0.3 is 10.2 Å². The van der Waals surface area contributed by atoms with Gasteiger partial charge in [-0.15, -0.1) is 0 Å². The van der Waals surface area contributed by atoms with Crippen molar-refractivity contribution in [3.05, 3.63) is 0 Å². The molecule has 2 rings (SSSR count). The largest absolute Gasteiger partial charge is 0.336 e. The van der Waals surface area contributed by atoms with Gasteiger partial charge >= 0.3 is 6.03 Å². The number of nitrogens with zero attached hydrogens (tertiary/aromatic N) is 2. The van der Waals surface area contributed by atoms with Gasteiger partial charge in [0, 0.05) is 38.5 Å². The van der Waals surface area contributed by atoms with Crippen LogP contribution in [0.4, 0.5) is 4.79 Å². The van der Waals surface area contributed by atoms with E-state index in [1.54, 1.807) is 11.8 Å². The third kappa shape index (κ3) is 3.05. The number of imide groups is 1. The highest BCUT2D eigenvalue weighted by Gasteiger charge is 2.35. The summed E-state index contributed by atoms with van der Waals surface area (Å²) in [6.07, 6.45) is 1.32. The summed E-state index contributed by atoms with van der Waals surface area (Å²) in [6, 6.07) is -0.100. The fourth-order valence-corrected chi connectivity index (χ4v) is 2.59. The molecule has 2 heterocycles. The molecule has 0 aromatic rings. The van der Waals surface area contributed by atoms with E-state index in [0.717, 1.165) is 19.5 Å². The van der Waals surface area contributed by atoms with Gasteiger partial charge in [-0.3, -0.25) is 14.5 Å². The summed E-state index contributed by atoms with van der Waals surface area (Å²) < 4.78 is 0. The average molecular weight is 267 g/mol. The Morgan fingerprint density at radius 2 is 2.11 bits per heavy atom.